The van der Waals surface area contributed by atoms with Crippen molar-refractivity contribution in [3.63, 3.8) is 0 Å². The Bertz CT molecular complexity index is 316. The molecular formula is C12H23ClO3S. The van der Waals surface area contributed by atoms with Crippen molar-refractivity contribution in [3.8, 4) is 0 Å². The van der Waals surface area contributed by atoms with Gasteiger partial charge in [-0.2, -0.15) is 0 Å². The zero-order valence-corrected chi connectivity index (χ0v) is 12.3. The average Bonchev–Trinajstić information content (AvgIpc) is 2.24. The van der Waals surface area contributed by atoms with E-state index in [1.165, 1.54) is 19.3 Å². The monoisotopic (exact) mass is 282 g/mol. The number of ether oxygens (including phenoxy) is 1. The molecular weight excluding hydrogens is 260 g/mol. The molecule has 3 nitrogen and oxygen atoms in total. The first-order valence-corrected chi connectivity index (χ1v) is 8.94. The van der Waals surface area contributed by atoms with E-state index in [4.69, 9.17) is 15.4 Å². The fourth-order valence-electron chi connectivity index (χ4n) is 2.54. The second-order valence-corrected chi connectivity index (χ2v) is 7.96. The van der Waals surface area contributed by atoms with Gasteiger partial charge in [0.2, 0.25) is 9.05 Å². The van der Waals surface area contributed by atoms with Crippen molar-refractivity contribution < 1.29 is 13.2 Å². The molecule has 0 aromatic carbocycles. The molecule has 5 heteroatoms. The highest BCUT2D eigenvalue weighted by atomic mass is 35.7. The van der Waals surface area contributed by atoms with Gasteiger partial charge in [0.25, 0.3) is 0 Å². The van der Waals surface area contributed by atoms with E-state index in [0.29, 0.717) is 18.6 Å². The Morgan fingerprint density at radius 2 is 2.00 bits per heavy atom. The van der Waals surface area contributed by atoms with Gasteiger partial charge in [0.15, 0.2) is 0 Å². The number of halogens is 1. The van der Waals surface area contributed by atoms with E-state index in [0.717, 1.165) is 12.8 Å². The van der Waals surface area contributed by atoms with Crippen LogP contribution in [0.1, 0.15) is 46.0 Å². The lowest BCUT2D eigenvalue weighted by molar-refractivity contribution is -0.0230. The fraction of sp³-hybridized carbons (Fsp3) is 1.00. The predicted molar refractivity (Wildman–Crippen MR) is 70.8 cm³/mol. The molecule has 0 aliphatic heterocycles. The van der Waals surface area contributed by atoms with E-state index in [1.54, 1.807) is 0 Å². The first-order chi connectivity index (χ1) is 7.92. The molecule has 1 aliphatic carbocycles. The summed E-state index contributed by atoms with van der Waals surface area (Å²) in [7, 11) is 1.82. The molecule has 1 rings (SSSR count). The summed E-state index contributed by atoms with van der Waals surface area (Å²) < 4.78 is 27.7. The van der Waals surface area contributed by atoms with E-state index in [9.17, 15) is 8.42 Å². The molecule has 102 valence electrons. The quantitative estimate of drug-likeness (QED) is 0.703. The molecule has 0 aromatic rings. The predicted octanol–water partition coefficient (Wildman–Crippen LogP) is 3.18. The van der Waals surface area contributed by atoms with E-state index in [-0.39, 0.29) is 11.7 Å². The van der Waals surface area contributed by atoms with Crippen molar-refractivity contribution in [1.82, 2.24) is 0 Å². The van der Waals surface area contributed by atoms with Gasteiger partial charge in [-0.25, -0.2) is 8.42 Å². The van der Waals surface area contributed by atoms with Gasteiger partial charge in [0.05, 0.1) is 18.5 Å². The minimum absolute atomic E-state index is 0.00192. The van der Waals surface area contributed by atoms with Crippen molar-refractivity contribution in [1.29, 1.82) is 0 Å². The van der Waals surface area contributed by atoms with Crippen LogP contribution in [0.15, 0.2) is 0 Å². The van der Waals surface area contributed by atoms with Gasteiger partial charge in [-0.05, 0) is 24.7 Å². The van der Waals surface area contributed by atoms with Crippen LogP contribution in [-0.2, 0) is 13.8 Å². The number of rotatable bonds is 6. The third kappa shape index (κ3) is 6.07. The molecule has 0 amide bonds. The highest BCUT2D eigenvalue weighted by Gasteiger charge is 2.25. The van der Waals surface area contributed by atoms with Crippen LogP contribution in [-0.4, -0.2) is 26.9 Å². The molecule has 3 atom stereocenters. The standard InChI is InChI=1S/C12H23ClO3S/c1-3-11-6-4-5-7-12(11)16-8-10(2)9-17(13,14)15/h10-12H,3-9H2,1-2H3. The second-order valence-electron chi connectivity index (χ2n) is 5.14. The summed E-state index contributed by atoms with van der Waals surface area (Å²) in [5, 5.41) is 0. The summed E-state index contributed by atoms with van der Waals surface area (Å²) in [4.78, 5) is 0. The molecule has 0 radical (unpaired) electrons. The molecule has 0 bridgehead atoms. The van der Waals surface area contributed by atoms with Crippen LogP contribution < -0.4 is 0 Å². The van der Waals surface area contributed by atoms with E-state index in [1.807, 2.05) is 6.92 Å². The zero-order valence-electron chi connectivity index (χ0n) is 10.7. The van der Waals surface area contributed by atoms with E-state index in [2.05, 4.69) is 6.92 Å². The Labute approximate surface area is 109 Å². The highest BCUT2D eigenvalue weighted by molar-refractivity contribution is 8.13. The van der Waals surface area contributed by atoms with Crippen molar-refractivity contribution in [3.05, 3.63) is 0 Å². The SMILES string of the molecule is CCC1CCCCC1OCC(C)CS(=O)(=O)Cl. The third-order valence-corrected chi connectivity index (χ3v) is 4.79. The summed E-state index contributed by atoms with van der Waals surface area (Å²) in [5.74, 6) is 0.610. The molecule has 1 aliphatic rings. The van der Waals surface area contributed by atoms with Crippen LogP contribution in [0.25, 0.3) is 0 Å². The molecule has 0 N–H and O–H groups in total. The molecule has 0 heterocycles. The summed E-state index contributed by atoms with van der Waals surface area (Å²) in [6.07, 6.45) is 6.33. The van der Waals surface area contributed by atoms with Crippen LogP contribution in [0.3, 0.4) is 0 Å². The van der Waals surface area contributed by atoms with E-state index >= 15 is 0 Å². The van der Waals surface area contributed by atoms with Crippen LogP contribution in [0, 0.1) is 11.8 Å². The van der Waals surface area contributed by atoms with Crippen LogP contribution in [0.2, 0.25) is 0 Å². The third-order valence-electron chi connectivity index (χ3n) is 3.44. The first kappa shape index (κ1) is 15.3. The average molecular weight is 283 g/mol. The Morgan fingerprint density at radius 3 is 2.59 bits per heavy atom. The van der Waals surface area contributed by atoms with Gasteiger partial charge in [0.1, 0.15) is 0 Å². The second kappa shape index (κ2) is 6.95. The summed E-state index contributed by atoms with van der Waals surface area (Å²) in [6.45, 7) is 4.55. The maximum Gasteiger partial charge on any atom is 0.232 e. The summed E-state index contributed by atoms with van der Waals surface area (Å²) in [6, 6.07) is 0. The van der Waals surface area contributed by atoms with Crippen molar-refractivity contribution in [2.75, 3.05) is 12.4 Å². The zero-order chi connectivity index (χ0) is 12.9. The Kier molecular flexibility index (Phi) is 6.24. The molecule has 1 fully saturated rings. The number of hydrogen-bond acceptors (Lipinski definition) is 3. The lowest BCUT2D eigenvalue weighted by Gasteiger charge is -2.31. The van der Waals surface area contributed by atoms with Crippen LogP contribution in [0.4, 0.5) is 0 Å². The lowest BCUT2D eigenvalue weighted by Crippen LogP contribution is -2.29. The minimum atomic E-state index is -3.40. The highest BCUT2D eigenvalue weighted by Crippen LogP contribution is 2.29. The summed E-state index contributed by atoms with van der Waals surface area (Å²) >= 11 is 0. The first-order valence-electron chi connectivity index (χ1n) is 6.46. The topological polar surface area (TPSA) is 43.4 Å². The molecule has 0 saturated heterocycles. The van der Waals surface area contributed by atoms with Gasteiger partial charge >= 0.3 is 0 Å². The van der Waals surface area contributed by atoms with Crippen molar-refractivity contribution in [2.45, 2.75) is 52.1 Å². The van der Waals surface area contributed by atoms with Crippen molar-refractivity contribution in [2.24, 2.45) is 11.8 Å². The largest absolute Gasteiger partial charge is 0.378 e. The molecule has 3 unspecified atom stereocenters. The Morgan fingerprint density at radius 1 is 1.35 bits per heavy atom. The fourth-order valence-corrected chi connectivity index (χ4v) is 3.96. The minimum Gasteiger partial charge on any atom is -0.378 e. The molecule has 0 spiro atoms. The Hall–Kier alpha value is 0.200. The van der Waals surface area contributed by atoms with Gasteiger partial charge in [0, 0.05) is 10.7 Å². The maximum absolute atomic E-state index is 10.9. The van der Waals surface area contributed by atoms with E-state index < -0.39 is 9.05 Å². The Balaban J connectivity index is 2.33. The molecule has 1 saturated carbocycles. The number of hydrogen-bond donors (Lipinski definition) is 0. The van der Waals surface area contributed by atoms with Gasteiger partial charge < -0.3 is 4.74 Å². The normalized spacial score (nSPS) is 27.9. The molecule has 0 aromatic heterocycles. The lowest BCUT2D eigenvalue weighted by atomic mass is 9.85. The summed E-state index contributed by atoms with van der Waals surface area (Å²) in [5.41, 5.74) is 0. The van der Waals surface area contributed by atoms with Crippen molar-refractivity contribution >= 4 is 19.7 Å². The van der Waals surface area contributed by atoms with Crippen LogP contribution >= 0.6 is 10.7 Å². The van der Waals surface area contributed by atoms with Gasteiger partial charge in [-0.15, -0.1) is 0 Å². The van der Waals surface area contributed by atoms with Gasteiger partial charge in [-0.1, -0.05) is 33.1 Å². The molecule has 17 heavy (non-hydrogen) atoms. The smallest absolute Gasteiger partial charge is 0.232 e. The van der Waals surface area contributed by atoms with Crippen LogP contribution in [0.5, 0.6) is 0 Å². The van der Waals surface area contributed by atoms with Gasteiger partial charge in [-0.3, -0.25) is 0 Å². The maximum atomic E-state index is 10.9.